The predicted molar refractivity (Wildman–Crippen MR) is 121 cm³/mol. The number of anilines is 1. The van der Waals surface area contributed by atoms with Gasteiger partial charge in [-0.1, -0.05) is 17.4 Å². The molecule has 30 heavy (non-hydrogen) atoms. The van der Waals surface area contributed by atoms with Gasteiger partial charge in [-0.25, -0.2) is 4.98 Å². The van der Waals surface area contributed by atoms with E-state index < -0.39 is 0 Å². The number of likely N-dealkylation sites (N-methyl/N-ethyl adjacent to an activating group) is 1. The fraction of sp³-hybridized carbons (Fsp3) is 0.333. The van der Waals surface area contributed by atoms with Crippen LogP contribution >= 0.6 is 23.7 Å². The van der Waals surface area contributed by atoms with E-state index >= 15 is 0 Å². The van der Waals surface area contributed by atoms with E-state index in [1.165, 1.54) is 11.3 Å². The Labute approximate surface area is 185 Å². The number of hydrogen-bond donors (Lipinski definition) is 0. The van der Waals surface area contributed by atoms with Crippen molar-refractivity contribution < 1.29 is 19.0 Å². The summed E-state index contributed by atoms with van der Waals surface area (Å²) in [6.45, 7) is 2.30. The van der Waals surface area contributed by atoms with Crippen LogP contribution in [0.1, 0.15) is 10.4 Å². The second-order valence-electron chi connectivity index (χ2n) is 6.95. The van der Waals surface area contributed by atoms with Gasteiger partial charge in [0.15, 0.2) is 16.6 Å². The average molecular weight is 450 g/mol. The lowest BCUT2D eigenvalue weighted by Gasteiger charge is -2.22. The van der Waals surface area contributed by atoms with Gasteiger partial charge in [-0.2, -0.15) is 0 Å². The van der Waals surface area contributed by atoms with Gasteiger partial charge in [0.05, 0.1) is 17.3 Å². The molecular formula is C21H24ClN3O4S. The highest BCUT2D eigenvalue weighted by Crippen LogP contribution is 2.39. The second-order valence-corrected chi connectivity index (χ2v) is 7.96. The Bertz CT molecular complexity index is 997. The van der Waals surface area contributed by atoms with E-state index in [9.17, 15) is 4.79 Å². The van der Waals surface area contributed by atoms with Crippen LogP contribution in [0.5, 0.6) is 17.2 Å². The fourth-order valence-corrected chi connectivity index (χ4v) is 4.06. The molecule has 3 aromatic rings. The van der Waals surface area contributed by atoms with E-state index in [1.807, 2.05) is 43.3 Å². The molecule has 0 atom stereocenters. The lowest BCUT2D eigenvalue weighted by Crippen LogP contribution is -2.36. The average Bonchev–Trinajstić information content (AvgIpc) is 3.14. The predicted octanol–water partition coefficient (Wildman–Crippen LogP) is 3.71. The maximum atomic E-state index is 13.3. The van der Waals surface area contributed by atoms with Gasteiger partial charge in [-0.05, 0) is 32.3 Å². The molecule has 7 nitrogen and oxygen atoms in total. The first-order valence-electron chi connectivity index (χ1n) is 9.36. The van der Waals surface area contributed by atoms with Crippen LogP contribution in [0.4, 0.5) is 5.13 Å². The molecule has 0 radical (unpaired) electrons. The number of carbonyl (C=O) groups is 1. The van der Waals surface area contributed by atoms with E-state index in [2.05, 4.69) is 0 Å². The zero-order valence-corrected chi connectivity index (χ0v) is 18.7. The van der Waals surface area contributed by atoms with E-state index in [4.69, 9.17) is 19.2 Å². The summed E-state index contributed by atoms with van der Waals surface area (Å²) in [4.78, 5) is 21.8. The van der Waals surface area contributed by atoms with Crippen LogP contribution in [0.3, 0.4) is 0 Å². The van der Waals surface area contributed by atoms with Crippen molar-refractivity contribution in [3.05, 3.63) is 42.0 Å². The monoisotopic (exact) mass is 449 g/mol. The lowest BCUT2D eigenvalue weighted by atomic mass is 10.2. The SMILES string of the molecule is COc1cccc(C(=O)N(CCN(C)C)c2nc3cc4c(cc3s2)OCCO4)c1.Cl. The Morgan fingerprint density at radius 3 is 2.57 bits per heavy atom. The van der Waals surface area contributed by atoms with Crippen molar-refractivity contribution in [2.75, 3.05) is 52.4 Å². The molecule has 0 bridgehead atoms. The Kier molecular flexibility index (Phi) is 7.02. The lowest BCUT2D eigenvalue weighted by molar-refractivity contribution is 0.0985. The van der Waals surface area contributed by atoms with E-state index in [1.54, 1.807) is 24.1 Å². The summed E-state index contributed by atoms with van der Waals surface area (Å²) in [6, 6.07) is 11.0. The summed E-state index contributed by atoms with van der Waals surface area (Å²) in [5.41, 5.74) is 1.36. The molecule has 0 saturated carbocycles. The van der Waals surface area contributed by atoms with Gasteiger partial charge in [-0.3, -0.25) is 9.69 Å². The number of rotatable bonds is 6. The van der Waals surface area contributed by atoms with Crippen molar-refractivity contribution in [1.29, 1.82) is 0 Å². The first kappa shape index (κ1) is 22.1. The van der Waals surface area contributed by atoms with Gasteiger partial charge in [0.2, 0.25) is 0 Å². The highest BCUT2D eigenvalue weighted by Gasteiger charge is 2.23. The number of halogens is 1. The van der Waals surface area contributed by atoms with Gasteiger partial charge in [0.25, 0.3) is 5.91 Å². The molecule has 1 aliphatic heterocycles. The van der Waals surface area contributed by atoms with Crippen molar-refractivity contribution in [2.24, 2.45) is 0 Å². The third-order valence-corrected chi connectivity index (χ3v) is 5.65. The number of nitrogens with zero attached hydrogens (tertiary/aromatic N) is 3. The highest BCUT2D eigenvalue weighted by molar-refractivity contribution is 7.22. The van der Waals surface area contributed by atoms with Gasteiger partial charge in [0.1, 0.15) is 19.0 Å². The summed E-state index contributed by atoms with van der Waals surface area (Å²) in [5, 5.41) is 0.650. The van der Waals surface area contributed by atoms with Gasteiger partial charge in [-0.15, -0.1) is 12.4 Å². The molecule has 2 aromatic carbocycles. The Hall–Kier alpha value is -2.55. The standard InChI is InChI=1S/C21H23N3O4S.ClH/c1-23(2)7-8-24(20(25)14-5-4-6-15(11-14)26-3)21-22-16-12-17-18(13-19(16)29-21)28-10-9-27-17;/h4-6,11-13H,7-10H2,1-3H3;1H. The van der Waals surface area contributed by atoms with Crippen molar-refractivity contribution in [2.45, 2.75) is 0 Å². The van der Waals surface area contributed by atoms with Crippen molar-refractivity contribution >= 4 is 45.0 Å². The van der Waals surface area contributed by atoms with E-state index in [-0.39, 0.29) is 18.3 Å². The number of methoxy groups -OCH3 is 1. The van der Waals surface area contributed by atoms with Crippen LogP contribution < -0.4 is 19.1 Å². The number of fused-ring (bicyclic) bond motifs is 2. The number of hydrogen-bond acceptors (Lipinski definition) is 7. The molecule has 0 N–H and O–H groups in total. The number of carbonyl (C=O) groups excluding carboxylic acids is 1. The van der Waals surface area contributed by atoms with E-state index in [0.717, 1.165) is 16.0 Å². The van der Waals surface area contributed by atoms with Crippen LogP contribution in [0, 0.1) is 0 Å². The van der Waals surface area contributed by atoms with Crippen LogP contribution in [0.2, 0.25) is 0 Å². The second kappa shape index (κ2) is 9.51. The molecule has 4 rings (SSSR count). The summed E-state index contributed by atoms with van der Waals surface area (Å²) in [7, 11) is 5.55. The Morgan fingerprint density at radius 1 is 1.13 bits per heavy atom. The van der Waals surface area contributed by atoms with Crippen molar-refractivity contribution in [1.82, 2.24) is 9.88 Å². The molecule has 9 heteroatoms. The minimum atomic E-state index is -0.109. The smallest absolute Gasteiger partial charge is 0.260 e. The highest BCUT2D eigenvalue weighted by atomic mass is 35.5. The number of ether oxygens (including phenoxy) is 3. The quantitative estimate of drug-likeness (QED) is 0.571. The molecule has 0 unspecified atom stereocenters. The van der Waals surface area contributed by atoms with Gasteiger partial charge < -0.3 is 19.1 Å². The molecule has 1 aliphatic rings. The minimum Gasteiger partial charge on any atom is -0.497 e. The van der Waals surface area contributed by atoms with Crippen LogP contribution in [-0.4, -0.2) is 63.3 Å². The zero-order valence-electron chi connectivity index (χ0n) is 17.1. The summed E-state index contributed by atoms with van der Waals surface area (Å²) < 4.78 is 17.6. The normalized spacial score (nSPS) is 12.5. The maximum Gasteiger partial charge on any atom is 0.260 e. The Balaban J connectivity index is 0.00000256. The van der Waals surface area contributed by atoms with Crippen LogP contribution in [0.25, 0.3) is 10.2 Å². The number of amides is 1. The molecule has 0 saturated heterocycles. The molecule has 2 heterocycles. The summed E-state index contributed by atoms with van der Waals surface area (Å²) >= 11 is 1.47. The first-order valence-corrected chi connectivity index (χ1v) is 10.2. The summed E-state index contributed by atoms with van der Waals surface area (Å²) in [6.07, 6.45) is 0. The molecule has 0 aliphatic carbocycles. The summed E-state index contributed by atoms with van der Waals surface area (Å²) in [5.74, 6) is 1.95. The third kappa shape index (κ3) is 4.61. The number of thiazole rings is 1. The topological polar surface area (TPSA) is 64.1 Å². The van der Waals surface area contributed by atoms with Gasteiger partial charge >= 0.3 is 0 Å². The van der Waals surface area contributed by atoms with Crippen molar-refractivity contribution in [3.8, 4) is 17.2 Å². The van der Waals surface area contributed by atoms with E-state index in [0.29, 0.717) is 48.5 Å². The first-order chi connectivity index (χ1) is 14.0. The maximum absolute atomic E-state index is 13.3. The van der Waals surface area contributed by atoms with Crippen molar-refractivity contribution in [3.63, 3.8) is 0 Å². The van der Waals surface area contributed by atoms with Gasteiger partial charge in [0, 0.05) is 30.8 Å². The van der Waals surface area contributed by atoms with Crippen LogP contribution in [0.15, 0.2) is 36.4 Å². The van der Waals surface area contributed by atoms with Crippen LogP contribution in [-0.2, 0) is 0 Å². The largest absolute Gasteiger partial charge is 0.497 e. The number of aromatic nitrogens is 1. The third-order valence-electron chi connectivity index (χ3n) is 4.60. The number of benzene rings is 2. The minimum absolute atomic E-state index is 0. The molecule has 1 amide bonds. The molecular weight excluding hydrogens is 426 g/mol. The molecule has 0 spiro atoms. The molecule has 0 fully saturated rings. The Morgan fingerprint density at radius 2 is 1.87 bits per heavy atom. The molecule has 160 valence electrons. The molecule has 1 aromatic heterocycles. The fourth-order valence-electron chi connectivity index (χ4n) is 3.06. The zero-order chi connectivity index (χ0) is 20.4.